The maximum atomic E-state index is 11.9. The first-order valence-corrected chi connectivity index (χ1v) is 6.46. The number of ether oxygens (including phenoxy) is 1. The van der Waals surface area contributed by atoms with Crippen LogP contribution in [0.5, 0.6) is 0 Å². The lowest BCUT2D eigenvalue weighted by Crippen LogP contribution is -2.41. The van der Waals surface area contributed by atoms with Gasteiger partial charge in [-0.2, -0.15) is 0 Å². The third kappa shape index (κ3) is 3.14. The number of esters is 1. The van der Waals surface area contributed by atoms with E-state index in [4.69, 9.17) is 4.74 Å². The van der Waals surface area contributed by atoms with Gasteiger partial charge in [0.15, 0.2) is 0 Å². The molecule has 0 radical (unpaired) electrons. The van der Waals surface area contributed by atoms with Gasteiger partial charge in [-0.05, 0) is 19.1 Å². The summed E-state index contributed by atoms with van der Waals surface area (Å²) in [6, 6.07) is 8.10. The Bertz CT molecular complexity index is 515. The van der Waals surface area contributed by atoms with Gasteiger partial charge in [0.1, 0.15) is 6.10 Å². The van der Waals surface area contributed by atoms with Gasteiger partial charge in [-0.15, -0.1) is 0 Å². The van der Waals surface area contributed by atoms with E-state index in [1.807, 2.05) is 0 Å². The number of amides is 3. The first-order valence-electron chi connectivity index (χ1n) is 6.46. The summed E-state index contributed by atoms with van der Waals surface area (Å²) in [7, 11) is 0. The molecule has 0 aromatic heterocycles. The van der Waals surface area contributed by atoms with Gasteiger partial charge in [-0.25, -0.2) is 9.59 Å². The molecule has 20 heavy (non-hydrogen) atoms. The smallest absolute Gasteiger partial charge is 0.338 e. The predicted molar refractivity (Wildman–Crippen MR) is 71.0 cm³/mol. The average molecular weight is 276 g/mol. The summed E-state index contributed by atoms with van der Waals surface area (Å²) in [5.74, 6) is -0.817. The number of carbonyl (C=O) groups excluding carboxylic acids is 3. The number of likely N-dealkylation sites (tertiary alicyclic amines) is 1. The maximum Gasteiger partial charge on any atom is 0.338 e. The van der Waals surface area contributed by atoms with E-state index in [0.29, 0.717) is 12.1 Å². The zero-order valence-electron chi connectivity index (χ0n) is 11.2. The van der Waals surface area contributed by atoms with E-state index in [9.17, 15) is 14.4 Å². The van der Waals surface area contributed by atoms with Crippen LogP contribution in [0.15, 0.2) is 30.3 Å². The topological polar surface area (TPSA) is 75.7 Å². The van der Waals surface area contributed by atoms with Crippen molar-refractivity contribution in [2.75, 3.05) is 13.1 Å². The van der Waals surface area contributed by atoms with Gasteiger partial charge < -0.3 is 10.1 Å². The Labute approximate surface area is 116 Å². The monoisotopic (exact) mass is 276 g/mol. The lowest BCUT2D eigenvalue weighted by Gasteiger charge is -2.15. The van der Waals surface area contributed by atoms with Gasteiger partial charge in [0.2, 0.25) is 5.91 Å². The van der Waals surface area contributed by atoms with Crippen molar-refractivity contribution >= 4 is 17.9 Å². The molecule has 1 fully saturated rings. The van der Waals surface area contributed by atoms with Crippen LogP contribution in [-0.4, -0.2) is 42.0 Å². The predicted octanol–water partition coefficient (Wildman–Crippen LogP) is 1.17. The third-order valence-corrected chi connectivity index (χ3v) is 2.95. The average Bonchev–Trinajstić information content (AvgIpc) is 2.81. The van der Waals surface area contributed by atoms with Crippen LogP contribution in [-0.2, 0) is 9.53 Å². The van der Waals surface area contributed by atoms with Crippen molar-refractivity contribution < 1.29 is 19.1 Å². The second-order valence-electron chi connectivity index (χ2n) is 4.44. The van der Waals surface area contributed by atoms with E-state index in [2.05, 4.69) is 5.32 Å². The number of hydrogen-bond acceptors (Lipinski definition) is 4. The zero-order chi connectivity index (χ0) is 14.5. The van der Waals surface area contributed by atoms with Gasteiger partial charge in [0, 0.05) is 6.54 Å². The minimum atomic E-state index is -0.585. The van der Waals surface area contributed by atoms with Crippen molar-refractivity contribution in [1.82, 2.24) is 10.2 Å². The lowest BCUT2D eigenvalue weighted by atomic mass is 10.2. The van der Waals surface area contributed by atoms with Gasteiger partial charge >= 0.3 is 12.0 Å². The number of benzene rings is 1. The van der Waals surface area contributed by atoms with Crippen LogP contribution in [0.2, 0.25) is 0 Å². The second kappa shape index (κ2) is 6.18. The van der Waals surface area contributed by atoms with E-state index in [1.54, 1.807) is 37.3 Å². The van der Waals surface area contributed by atoms with Crippen LogP contribution in [0.4, 0.5) is 4.79 Å². The Kier molecular flexibility index (Phi) is 4.34. The fourth-order valence-corrected chi connectivity index (χ4v) is 1.99. The van der Waals surface area contributed by atoms with Crippen LogP contribution in [0.3, 0.4) is 0 Å². The normalized spacial score (nSPS) is 17.9. The molecule has 106 valence electrons. The van der Waals surface area contributed by atoms with E-state index < -0.39 is 18.1 Å². The number of rotatable bonds is 3. The highest BCUT2D eigenvalue weighted by Crippen LogP contribution is 2.16. The van der Waals surface area contributed by atoms with Crippen molar-refractivity contribution in [2.24, 2.45) is 0 Å². The Morgan fingerprint density at radius 2 is 2.05 bits per heavy atom. The van der Waals surface area contributed by atoms with E-state index in [1.165, 1.54) is 0 Å². The van der Waals surface area contributed by atoms with Gasteiger partial charge in [0.05, 0.1) is 18.5 Å². The van der Waals surface area contributed by atoms with E-state index >= 15 is 0 Å². The number of nitrogens with one attached hydrogen (secondary N) is 1. The van der Waals surface area contributed by atoms with Crippen LogP contribution in [0, 0.1) is 0 Å². The Morgan fingerprint density at radius 3 is 2.70 bits per heavy atom. The molecule has 1 aliphatic heterocycles. The molecular formula is C14H16N2O4. The van der Waals surface area contributed by atoms with E-state index in [0.717, 1.165) is 4.90 Å². The number of nitrogens with zero attached hydrogens (tertiary/aromatic N) is 1. The quantitative estimate of drug-likeness (QED) is 0.841. The fraction of sp³-hybridized carbons (Fsp3) is 0.357. The minimum absolute atomic E-state index is 0.0374. The third-order valence-electron chi connectivity index (χ3n) is 2.95. The van der Waals surface area contributed by atoms with Gasteiger partial charge in [-0.1, -0.05) is 18.2 Å². The molecule has 0 aliphatic carbocycles. The van der Waals surface area contributed by atoms with Gasteiger partial charge in [0.25, 0.3) is 0 Å². The summed E-state index contributed by atoms with van der Waals surface area (Å²) in [6.45, 7) is 2.31. The maximum absolute atomic E-state index is 11.9. The van der Waals surface area contributed by atoms with Crippen molar-refractivity contribution in [2.45, 2.75) is 19.4 Å². The standard InChI is InChI=1S/C14H16N2O4/c1-2-15-14(19)16-9-11(8-12(16)17)20-13(18)10-6-4-3-5-7-10/h3-7,11H,2,8-9H2,1H3,(H,15,19). The molecule has 1 atom stereocenters. The molecule has 1 unspecified atom stereocenters. The SMILES string of the molecule is CCNC(=O)N1CC(OC(=O)c2ccccc2)CC1=O. The van der Waals surface area contributed by atoms with Crippen LogP contribution < -0.4 is 5.32 Å². The summed E-state index contributed by atoms with van der Waals surface area (Å²) in [4.78, 5) is 36.2. The van der Waals surface area contributed by atoms with Crippen LogP contribution in [0.25, 0.3) is 0 Å². The highest BCUT2D eigenvalue weighted by Gasteiger charge is 2.36. The van der Waals surface area contributed by atoms with Crippen molar-refractivity contribution in [1.29, 1.82) is 0 Å². The fourth-order valence-electron chi connectivity index (χ4n) is 1.99. The number of imide groups is 1. The number of carbonyl (C=O) groups is 3. The Morgan fingerprint density at radius 1 is 1.35 bits per heavy atom. The summed E-state index contributed by atoms with van der Waals surface area (Å²) < 4.78 is 5.24. The lowest BCUT2D eigenvalue weighted by molar-refractivity contribution is -0.125. The number of urea groups is 1. The summed E-state index contributed by atoms with van der Waals surface area (Å²) in [6.07, 6.45) is -0.548. The molecule has 2 rings (SSSR count). The molecular weight excluding hydrogens is 260 g/mol. The first-order chi connectivity index (χ1) is 9.61. The molecule has 1 aromatic rings. The van der Waals surface area contributed by atoms with E-state index in [-0.39, 0.29) is 18.9 Å². The van der Waals surface area contributed by atoms with Crippen LogP contribution in [0.1, 0.15) is 23.7 Å². The van der Waals surface area contributed by atoms with Crippen molar-refractivity contribution in [3.63, 3.8) is 0 Å². The molecule has 0 saturated carbocycles. The van der Waals surface area contributed by atoms with Crippen LogP contribution >= 0.6 is 0 Å². The molecule has 1 saturated heterocycles. The Hall–Kier alpha value is -2.37. The Balaban J connectivity index is 1.94. The number of hydrogen-bond donors (Lipinski definition) is 1. The molecule has 0 bridgehead atoms. The van der Waals surface area contributed by atoms with Crippen molar-refractivity contribution in [3.05, 3.63) is 35.9 Å². The molecule has 1 heterocycles. The molecule has 3 amide bonds. The zero-order valence-corrected chi connectivity index (χ0v) is 11.2. The van der Waals surface area contributed by atoms with Crippen molar-refractivity contribution in [3.8, 4) is 0 Å². The highest BCUT2D eigenvalue weighted by molar-refractivity contribution is 5.97. The summed E-state index contributed by atoms with van der Waals surface area (Å²) in [5, 5.41) is 2.55. The second-order valence-corrected chi connectivity index (χ2v) is 4.44. The summed E-state index contributed by atoms with van der Waals surface area (Å²) in [5.41, 5.74) is 0.427. The molecule has 1 aromatic carbocycles. The largest absolute Gasteiger partial charge is 0.456 e. The molecule has 1 N–H and O–H groups in total. The minimum Gasteiger partial charge on any atom is -0.456 e. The highest BCUT2D eigenvalue weighted by atomic mass is 16.5. The molecule has 0 spiro atoms. The molecule has 6 heteroatoms. The molecule has 1 aliphatic rings. The van der Waals surface area contributed by atoms with Gasteiger partial charge in [-0.3, -0.25) is 9.69 Å². The molecule has 6 nitrogen and oxygen atoms in total. The first kappa shape index (κ1) is 14.0. The summed E-state index contributed by atoms with van der Waals surface area (Å²) >= 11 is 0.